The lowest BCUT2D eigenvalue weighted by Crippen LogP contribution is -2.69. The van der Waals surface area contributed by atoms with E-state index < -0.39 is 16.9 Å². The van der Waals surface area contributed by atoms with Gasteiger partial charge in [0.25, 0.3) is 0 Å². The summed E-state index contributed by atoms with van der Waals surface area (Å²) in [6.07, 6.45) is 0.144. The van der Waals surface area contributed by atoms with E-state index in [1.54, 1.807) is 29.2 Å². The van der Waals surface area contributed by atoms with Crippen LogP contribution in [-0.4, -0.2) is 49.6 Å². The molecule has 1 saturated heterocycles. The first-order valence-electron chi connectivity index (χ1n) is 13.1. The third kappa shape index (κ3) is 5.02. The van der Waals surface area contributed by atoms with Gasteiger partial charge in [-0.1, -0.05) is 54.9 Å². The molecule has 39 heavy (non-hydrogen) atoms. The van der Waals surface area contributed by atoms with E-state index in [1.165, 1.54) is 15.6 Å². The Balaban J connectivity index is 1.73. The number of carbonyl (C=O) groups excluding carboxylic acids is 1. The van der Waals surface area contributed by atoms with Gasteiger partial charge in [-0.05, 0) is 55.0 Å². The zero-order valence-corrected chi connectivity index (χ0v) is 22.5. The zero-order chi connectivity index (χ0) is 27.4. The smallest absolute Gasteiger partial charge is 0.341 e. The molecule has 9 nitrogen and oxygen atoms in total. The number of benzene rings is 3. The van der Waals surface area contributed by atoms with E-state index in [9.17, 15) is 9.90 Å². The molecule has 202 valence electrons. The lowest BCUT2D eigenvalue weighted by molar-refractivity contribution is -0.944. The Bertz CT molecular complexity index is 1420. The van der Waals surface area contributed by atoms with Crippen LogP contribution in [0.25, 0.3) is 0 Å². The quantitative estimate of drug-likeness (QED) is 0.328. The van der Waals surface area contributed by atoms with E-state index in [2.05, 4.69) is 10.4 Å². The lowest BCUT2D eigenvalue weighted by Gasteiger charge is -2.48. The summed E-state index contributed by atoms with van der Waals surface area (Å²) in [5, 5.41) is 20.3. The number of rotatable bonds is 7. The molecule has 1 aliphatic heterocycles. The summed E-state index contributed by atoms with van der Waals surface area (Å²) in [5.41, 5.74) is 1.51. The van der Waals surface area contributed by atoms with Crippen LogP contribution in [0.1, 0.15) is 31.3 Å². The lowest BCUT2D eigenvalue weighted by atomic mass is 10.1. The number of halogens is 1. The standard InChI is InChI=1S/C29H32ClN6O3/c1-2-18-34-28(38)33(21-32-34)26-20-31-17-19-36(26,27(37)22-13-15-23(30)16-14-22)29(39)35(24-9-5-3-6-10-24)25-11-7-4-8-12-25/h3-16,21,26-27,31,37H,2,17-20H2,1H3/q+1. The van der Waals surface area contributed by atoms with Gasteiger partial charge in [0.2, 0.25) is 6.23 Å². The molecule has 4 aromatic rings. The SMILES string of the molecule is CCCn1ncn(C2CNCC[N+]2(C(=O)N(c2ccccc2)c2ccccc2)C(O)c2ccc(Cl)cc2)c1=O. The summed E-state index contributed by atoms with van der Waals surface area (Å²) in [4.78, 5) is 30.2. The summed E-state index contributed by atoms with van der Waals surface area (Å²) in [6.45, 7) is 3.40. The number of quaternary nitrogens is 1. The van der Waals surface area contributed by atoms with Gasteiger partial charge in [-0.3, -0.25) is 0 Å². The number of amides is 2. The van der Waals surface area contributed by atoms with E-state index in [-0.39, 0.29) is 24.8 Å². The maximum Gasteiger partial charge on any atom is 0.432 e. The van der Waals surface area contributed by atoms with Gasteiger partial charge in [-0.2, -0.15) is 9.58 Å². The predicted octanol–water partition coefficient (Wildman–Crippen LogP) is 4.68. The van der Waals surface area contributed by atoms with Crippen molar-refractivity contribution in [3.8, 4) is 0 Å². The van der Waals surface area contributed by atoms with Crippen LogP contribution in [0.3, 0.4) is 0 Å². The molecule has 3 aromatic carbocycles. The molecule has 0 bridgehead atoms. The monoisotopic (exact) mass is 547 g/mol. The van der Waals surface area contributed by atoms with Crippen LogP contribution in [0.15, 0.2) is 96.1 Å². The number of nitrogens with one attached hydrogen (secondary N) is 1. The van der Waals surface area contributed by atoms with E-state index in [4.69, 9.17) is 11.6 Å². The highest BCUT2D eigenvalue weighted by Gasteiger charge is 2.56. The van der Waals surface area contributed by atoms with Gasteiger partial charge in [0.05, 0.1) is 17.9 Å². The second-order valence-corrected chi connectivity index (χ2v) is 10.0. The molecule has 2 heterocycles. The molecule has 1 aromatic heterocycles. The largest absolute Gasteiger partial charge is 0.432 e. The molecule has 0 saturated carbocycles. The maximum atomic E-state index is 15.1. The number of nitrogens with zero attached hydrogens (tertiary/aromatic N) is 5. The second-order valence-electron chi connectivity index (χ2n) is 9.60. The average Bonchev–Trinajstić information content (AvgIpc) is 3.33. The molecule has 1 aliphatic rings. The molecule has 0 spiro atoms. The molecule has 1 fully saturated rings. The molecule has 2 amide bonds. The molecule has 10 heteroatoms. The van der Waals surface area contributed by atoms with E-state index >= 15 is 4.79 Å². The summed E-state index contributed by atoms with van der Waals surface area (Å²) in [6, 6.07) is 25.1. The fraction of sp³-hybridized carbons (Fsp3) is 0.276. The Morgan fingerprint density at radius 3 is 2.28 bits per heavy atom. The number of aryl methyl sites for hydroxylation is 1. The normalized spacial score (nSPS) is 19.9. The van der Waals surface area contributed by atoms with Crippen molar-refractivity contribution >= 4 is 29.0 Å². The number of aliphatic hydroxyl groups is 1. The molecule has 2 N–H and O–H groups in total. The van der Waals surface area contributed by atoms with Crippen LogP contribution in [0, 0.1) is 0 Å². The molecule has 3 unspecified atom stereocenters. The van der Waals surface area contributed by atoms with Crippen molar-refractivity contribution in [2.75, 3.05) is 24.5 Å². The van der Waals surface area contributed by atoms with Crippen LogP contribution < -0.4 is 15.9 Å². The number of urea groups is 1. The van der Waals surface area contributed by atoms with Crippen molar-refractivity contribution in [1.29, 1.82) is 0 Å². The summed E-state index contributed by atoms with van der Waals surface area (Å²) in [5.74, 6) is 0. The highest BCUT2D eigenvalue weighted by molar-refractivity contribution is 6.30. The van der Waals surface area contributed by atoms with Crippen LogP contribution in [0.4, 0.5) is 16.2 Å². The zero-order valence-electron chi connectivity index (χ0n) is 21.7. The van der Waals surface area contributed by atoms with Crippen LogP contribution in [0.5, 0.6) is 0 Å². The summed E-state index contributed by atoms with van der Waals surface area (Å²) < 4.78 is 2.43. The molecule has 0 aliphatic carbocycles. The number of hydrogen-bond donors (Lipinski definition) is 2. The Morgan fingerprint density at radius 1 is 1.08 bits per heavy atom. The van der Waals surface area contributed by atoms with Gasteiger partial charge in [-0.15, -0.1) is 0 Å². The number of aliphatic hydroxyl groups excluding tert-OH is 1. The Kier molecular flexibility index (Phi) is 7.94. The van der Waals surface area contributed by atoms with Crippen molar-refractivity contribution in [3.63, 3.8) is 0 Å². The molecular weight excluding hydrogens is 516 g/mol. The van der Waals surface area contributed by atoms with Gasteiger partial charge < -0.3 is 10.4 Å². The third-order valence-electron chi connectivity index (χ3n) is 7.21. The van der Waals surface area contributed by atoms with Crippen molar-refractivity contribution in [1.82, 2.24) is 19.7 Å². The van der Waals surface area contributed by atoms with Crippen LogP contribution in [0.2, 0.25) is 5.02 Å². The Hall–Kier alpha value is -3.76. The van der Waals surface area contributed by atoms with Gasteiger partial charge >= 0.3 is 11.7 Å². The first-order valence-corrected chi connectivity index (χ1v) is 13.5. The fourth-order valence-corrected chi connectivity index (χ4v) is 5.40. The number of hydrogen-bond acceptors (Lipinski definition) is 5. The number of aromatic nitrogens is 3. The number of anilines is 2. The van der Waals surface area contributed by atoms with Crippen LogP contribution in [-0.2, 0) is 6.54 Å². The topological polar surface area (TPSA) is 92.4 Å². The Labute approximate surface area is 232 Å². The molecule has 3 atom stereocenters. The van der Waals surface area contributed by atoms with Crippen LogP contribution >= 0.6 is 11.6 Å². The fourth-order valence-electron chi connectivity index (χ4n) is 5.27. The van der Waals surface area contributed by atoms with Crippen molar-refractivity contribution in [2.24, 2.45) is 0 Å². The minimum atomic E-state index is -1.29. The minimum Gasteiger partial charge on any atom is -0.341 e. The number of piperazine rings is 1. The second kappa shape index (κ2) is 11.5. The number of para-hydroxylation sites is 2. The van der Waals surface area contributed by atoms with Gasteiger partial charge in [-0.25, -0.2) is 23.7 Å². The first-order chi connectivity index (χ1) is 19.0. The molecule has 0 radical (unpaired) electrons. The molecule has 5 rings (SSSR count). The highest BCUT2D eigenvalue weighted by atomic mass is 35.5. The Morgan fingerprint density at radius 2 is 1.69 bits per heavy atom. The maximum absolute atomic E-state index is 15.1. The highest BCUT2D eigenvalue weighted by Crippen LogP contribution is 2.41. The average molecular weight is 548 g/mol. The third-order valence-corrected chi connectivity index (χ3v) is 7.46. The van der Waals surface area contributed by atoms with Crippen molar-refractivity contribution < 1.29 is 14.4 Å². The minimum absolute atomic E-state index is 0.231. The predicted molar refractivity (Wildman–Crippen MR) is 151 cm³/mol. The van der Waals surface area contributed by atoms with Crippen molar-refractivity contribution in [2.45, 2.75) is 32.3 Å². The van der Waals surface area contributed by atoms with Gasteiger partial charge in [0.15, 0.2) is 6.17 Å². The summed E-state index contributed by atoms with van der Waals surface area (Å²) >= 11 is 6.16. The van der Waals surface area contributed by atoms with Gasteiger partial charge in [0, 0.05) is 23.7 Å². The molecular formula is C29H32ClN6O3+. The van der Waals surface area contributed by atoms with Gasteiger partial charge in [0.1, 0.15) is 12.9 Å². The first kappa shape index (κ1) is 26.8. The van der Waals surface area contributed by atoms with E-state index in [1.807, 2.05) is 67.6 Å². The van der Waals surface area contributed by atoms with E-state index in [0.29, 0.717) is 35.1 Å². The van der Waals surface area contributed by atoms with Crippen molar-refractivity contribution in [3.05, 3.63) is 112 Å². The van der Waals surface area contributed by atoms with E-state index in [0.717, 1.165) is 6.42 Å². The summed E-state index contributed by atoms with van der Waals surface area (Å²) in [7, 11) is 0. The number of carbonyl (C=O) groups is 1.